The first kappa shape index (κ1) is 15.2. The van der Waals surface area contributed by atoms with Gasteiger partial charge in [0, 0.05) is 42.0 Å². The molecule has 0 atom stereocenters. The summed E-state index contributed by atoms with van der Waals surface area (Å²) in [6.45, 7) is 0.571. The monoisotopic (exact) mass is 332 g/mol. The number of hydrogen-bond donors (Lipinski definition) is 1. The Bertz CT molecular complexity index is 1100. The van der Waals surface area contributed by atoms with Crippen molar-refractivity contribution in [1.82, 2.24) is 9.55 Å². The van der Waals surface area contributed by atoms with Crippen LogP contribution in [0.15, 0.2) is 61.1 Å². The van der Waals surface area contributed by atoms with Crippen LogP contribution in [-0.4, -0.2) is 27.7 Å². The Kier molecular flexibility index (Phi) is 3.61. The Morgan fingerprint density at radius 2 is 2.04 bits per heavy atom. The third-order valence-electron chi connectivity index (χ3n) is 4.38. The van der Waals surface area contributed by atoms with Gasteiger partial charge in [0.2, 0.25) is 0 Å². The summed E-state index contributed by atoms with van der Waals surface area (Å²) in [4.78, 5) is 15.7. The summed E-state index contributed by atoms with van der Waals surface area (Å²) in [5.41, 5.74) is 2.21. The van der Waals surface area contributed by atoms with Crippen LogP contribution < -0.4 is 4.74 Å². The minimum Gasteiger partial charge on any atom is -0.497 e. The Morgan fingerprint density at radius 1 is 1.16 bits per heavy atom. The molecule has 0 unspecified atom stereocenters. The summed E-state index contributed by atoms with van der Waals surface area (Å²) < 4.78 is 7.23. The molecule has 124 valence electrons. The molecule has 4 aromatic rings. The molecule has 0 saturated heterocycles. The van der Waals surface area contributed by atoms with Crippen molar-refractivity contribution in [1.29, 1.82) is 0 Å². The fourth-order valence-electron chi connectivity index (χ4n) is 3.13. The van der Waals surface area contributed by atoms with Crippen molar-refractivity contribution in [3.05, 3.63) is 72.2 Å². The third-order valence-corrected chi connectivity index (χ3v) is 4.38. The molecule has 0 aliphatic carbocycles. The standard InChI is InChI=1S/C20H16N2O3/c1-25-16-4-5-17-18(20(23)24)12-22(19(17)9-16)11-13-2-3-14-6-7-21-10-15(14)8-13/h2-10,12H,11H2,1H3,(H,23,24). The molecular weight excluding hydrogens is 316 g/mol. The van der Waals surface area contributed by atoms with Gasteiger partial charge in [0.1, 0.15) is 5.75 Å². The lowest BCUT2D eigenvalue weighted by Crippen LogP contribution is -1.99. The van der Waals surface area contributed by atoms with Crippen LogP contribution in [-0.2, 0) is 6.54 Å². The molecule has 0 spiro atoms. The Labute approximate surface area is 144 Å². The molecule has 0 saturated carbocycles. The lowest BCUT2D eigenvalue weighted by Gasteiger charge is -2.08. The second-order valence-electron chi connectivity index (χ2n) is 5.92. The van der Waals surface area contributed by atoms with E-state index >= 15 is 0 Å². The van der Waals surface area contributed by atoms with Gasteiger partial charge in [-0.3, -0.25) is 4.98 Å². The van der Waals surface area contributed by atoms with E-state index in [0.29, 0.717) is 23.2 Å². The summed E-state index contributed by atoms with van der Waals surface area (Å²) in [5, 5.41) is 12.4. The highest BCUT2D eigenvalue weighted by Crippen LogP contribution is 2.27. The van der Waals surface area contributed by atoms with Crippen LogP contribution in [0.3, 0.4) is 0 Å². The van der Waals surface area contributed by atoms with Crippen molar-refractivity contribution in [2.24, 2.45) is 0 Å². The van der Waals surface area contributed by atoms with Gasteiger partial charge in [-0.05, 0) is 35.2 Å². The number of hydrogen-bond acceptors (Lipinski definition) is 3. The fraction of sp³-hybridized carbons (Fsp3) is 0.100. The molecule has 2 heterocycles. The quantitative estimate of drug-likeness (QED) is 0.615. The largest absolute Gasteiger partial charge is 0.497 e. The number of ether oxygens (including phenoxy) is 1. The number of nitrogens with zero attached hydrogens (tertiary/aromatic N) is 2. The van der Waals surface area contributed by atoms with E-state index in [9.17, 15) is 9.90 Å². The Balaban J connectivity index is 1.82. The molecule has 0 aliphatic heterocycles. The number of rotatable bonds is 4. The molecule has 5 nitrogen and oxygen atoms in total. The Morgan fingerprint density at radius 3 is 2.84 bits per heavy atom. The highest BCUT2D eigenvalue weighted by molar-refractivity contribution is 6.03. The van der Waals surface area contributed by atoms with E-state index in [0.717, 1.165) is 21.9 Å². The smallest absolute Gasteiger partial charge is 0.337 e. The van der Waals surface area contributed by atoms with E-state index in [2.05, 4.69) is 23.2 Å². The molecule has 0 fully saturated rings. The summed E-state index contributed by atoms with van der Waals surface area (Å²) >= 11 is 0. The van der Waals surface area contributed by atoms with E-state index in [1.54, 1.807) is 31.6 Å². The molecule has 2 aromatic carbocycles. The van der Waals surface area contributed by atoms with Gasteiger partial charge in [-0.2, -0.15) is 0 Å². The van der Waals surface area contributed by atoms with Crippen molar-refractivity contribution in [2.75, 3.05) is 7.11 Å². The molecule has 0 aliphatic rings. The summed E-state index contributed by atoms with van der Waals surface area (Å²) in [6, 6.07) is 13.6. The third kappa shape index (κ3) is 2.70. The van der Waals surface area contributed by atoms with Crippen molar-refractivity contribution >= 4 is 27.6 Å². The van der Waals surface area contributed by atoms with Crippen molar-refractivity contribution in [3.63, 3.8) is 0 Å². The molecule has 25 heavy (non-hydrogen) atoms. The second kappa shape index (κ2) is 5.94. The van der Waals surface area contributed by atoms with E-state index in [-0.39, 0.29) is 0 Å². The van der Waals surface area contributed by atoms with Gasteiger partial charge in [0.25, 0.3) is 0 Å². The first-order valence-electron chi connectivity index (χ1n) is 7.88. The van der Waals surface area contributed by atoms with Crippen molar-refractivity contribution in [3.8, 4) is 5.75 Å². The fourth-order valence-corrected chi connectivity index (χ4v) is 3.13. The molecule has 0 amide bonds. The van der Waals surface area contributed by atoms with Gasteiger partial charge < -0.3 is 14.4 Å². The highest BCUT2D eigenvalue weighted by atomic mass is 16.5. The molecule has 4 rings (SSSR count). The number of aromatic nitrogens is 2. The molecular formula is C20H16N2O3. The zero-order valence-electron chi connectivity index (χ0n) is 13.6. The SMILES string of the molecule is COc1ccc2c(C(=O)O)cn(Cc3ccc4ccncc4c3)c2c1. The predicted molar refractivity (Wildman–Crippen MR) is 96.3 cm³/mol. The number of carboxylic acids is 1. The van der Waals surface area contributed by atoms with Crippen molar-refractivity contribution in [2.45, 2.75) is 6.54 Å². The highest BCUT2D eigenvalue weighted by Gasteiger charge is 2.15. The van der Waals surface area contributed by atoms with Gasteiger partial charge in [-0.25, -0.2) is 4.79 Å². The van der Waals surface area contributed by atoms with E-state index in [1.807, 2.05) is 22.9 Å². The summed E-state index contributed by atoms with van der Waals surface area (Å²) in [7, 11) is 1.60. The number of aromatic carboxylic acids is 1. The molecule has 1 N–H and O–H groups in total. The van der Waals surface area contributed by atoms with Gasteiger partial charge in [-0.1, -0.05) is 12.1 Å². The minimum atomic E-state index is -0.934. The predicted octanol–water partition coefficient (Wildman–Crippen LogP) is 3.94. The van der Waals surface area contributed by atoms with Crippen LogP contribution in [0.1, 0.15) is 15.9 Å². The first-order valence-corrected chi connectivity index (χ1v) is 7.88. The summed E-state index contributed by atoms with van der Waals surface area (Å²) in [6.07, 6.45) is 5.28. The van der Waals surface area contributed by atoms with Crippen LogP contribution in [0.4, 0.5) is 0 Å². The molecule has 0 radical (unpaired) electrons. The summed E-state index contributed by atoms with van der Waals surface area (Å²) in [5.74, 6) is -0.233. The van der Waals surface area contributed by atoms with Crippen molar-refractivity contribution < 1.29 is 14.6 Å². The number of methoxy groups -OCH3 is 1. The van der Waals surface area contributed by atoms with Crippen LogP contribution in [0.2, 0.25) is 0 Å². The van der Waals surface area contributed by atoms with Gasteiger partial charge in [0.05, 0.1) is 18.2 Å². The van der Waals surface area contributed by atoms with Gasteiger partial charge >= 0.3 is 5.97 Å². The number of carbonyl (C=O) groups is 1. The van der Waals surface area contributed by atoms with E-state index < -0.39 is 5.97 Å². The number of benzene rings is 2. The maximum atomic E-state index is 11.6. The Hall–Kier alpha value is -3.34. The van der Waals surface area contributed by atoms with Crippen LogP contribution in [0, 0.1) is 0 Å². The van der Waals surface area contributed by atoms with Gasteiger partial charge in [-0.15, -0.1) is 0 Å². The van der Waals surface area contributed by atoms with Crippen LogP contribution >= 0.6 is 0 Å². The normalized spacial score (nSPS) is 11.1. The molecule has 2 aromatic heterocycles. The number of pyridine rings is 1. The average molecular weight is 332 g/mol. The molecule has 5 heteroatoms. The van der Waals surface area contributed by atoms with Crippen LogP contribution in [0.5, 0.6) is 5.75 Å². The topological polar surface area (TPSA) is 64.3 Å². The number of carboxylic acid groups (broad SMARTS) is 1. The maximum Gasteiger partial charge on any atom is 0.337 e. The zero-order chi connectivity index (χ0) is 17.4. The van der Waals surface area contributed by atoms with Gasteiger partial charge in [0.15, 0.2) is 0 Å². The van der Waals surface area contributed by atoms with E-state index in [1.165, 1.54) is 0 Å². The number of fused-ring (bicyclic) bond motifs is 2. The van der Waals surface area contributed by atoms with Crippen LogP contribution in [0.25, 0.3) is 21.7 Å². The zero-order valence-corrected chi connectivity index (χ0v) is 13.6. The average Bonchev–Trinajstić information content (AvgIpc) is 2.99. The second-order valence-corrected chi connectivity index (χ2v) is 5.92. The maximum absolute atomic E-state index is 11.6. The molecule has 0 bridgehead atoms. The minimum absolute atomic E-state index is 0.292. The first-order chi connectivity index (χ1) is 12.2. The lowest BCUT2D eigenvalue weighted by atomic mass is 10.1. The van der Waals surface area contributed by atoms with E-state index in [4.69, 9.17) is 4.74 Å². The lowest BCUT2D eigenvalue weighted by molar-refractivity contribution is 0.0699.